The van der Waals surface area contributed by atoms with Crippen molar-refractivity contribution in [2.24, 2.45) is 0 Å². The predicted octanol–water partition coefficient (Wildman–Crippen LogP) is -1.90. The molecule has 10 atom stereocenters. The summed E-state index contributed by atoms with van der Waals surface area (Å²) < 4.78 is 43.5. The molecule has 0 aromatic carbocycles. The largest absolute Gasteiger partial charge is 0.463 e. The van der Waals surface area contributed by atoms with Gasteiger partial charge in [-0.2, -0.15) is 0 Å². The van der Waals surface area contributed by atoms with E-state index in [2.05, 4.69) is 6.58 Å². The molecule has 0 saturated carbocycles. The quantitative estimate of drug-likeness (QED) is 0.146. The van der Waals surface area contributed by atoms with Gasteiger partial charge in [-0.15, -0.1) is 6.58 Å². The Kier molecular flexibility index (Phi) is 12.0. The Morgan fingerprint density at radius 3 is 1.89 bits per heavy atom. The van der Waals surface area contributed by atoms with Crippen molar-refractivity contribution in [2.45, 2.75) is 89.1 Å². The number of aliphatic hydroxyl groups excluding tert-OH is 3. The zero-order valence-corrected chi connectivity index (χ0v) is 21.4. The fraction of sp³-hybridized carbons (Fsp3) is 0.739. The number of carbonyl (C=O) groups excluding carboxylic acids is 4. The van der Waals surface area contributed by atoms with E-state index in [1.54, 1.807) is 0 Å². The van der Waals surface area contributed by atoms with E-state index in [1.165, 1.54) is 6.08 Å². The van der Waals surface area contributed by atoms with Gasteiger partial charge in [-0.3, -0.25) is 19.2 Å². The molecule has 0 aliphatic carbocycles. The second-order valence-corrected chi connectivity index (χ2v) is 8.49. The summed E-state index contributed by atoms with van der Waals surface area (Å²) in [6.07, 6.45) is -13.5. The lowest BCUT2D eigenvalue weighted by molar-refractivity contribution is -0.360. The van der Waals surface area contributed by atoms with Gasteiger partial charge in [-0.05, 0) is 0 Å². The number of ether oxygens (including phenoxy) is 8. The Morgan fingerprint density at radius 2 is 1.37 bits per heavy atom. The van der Waals surface area contributed by atoms with Gasteiger partial charge in [0.1, 0.15) is 37.1 Å². The summed E-state index contributed by atoms with van der Waals surface area (Å²) in [5.74, 6) is -3.21. The summed E-state index contributed by atoms with van der Waals surface area (Å²) >= 11 is 0. The van der Waals surface area contributed by atoms with Gasteiger partial charge in [0.05, 0.1) is 13.2 Å². The second kappa shape index (κ2) is 14.5. The molecular formula is C23H34O15. The molecule has 0 spiro atoms. The summed E-state index contributed by atoms with van der Waals surface area (Å²) in [7, 11) is 0. The zero-order valence-electron chi connectivity index (χ0n) is 21.4. The highest BCUT2D eigenvalue weighted by molar-refractivity contribution is 5.68. The molecule has 0 unspecified atom stereocenters. The smallest absolute Gasteiger partial charge is 0.303 e. The van der Waals surface area contributed by atoms with E-state index in [4.69, 9.17) is 37.9 Å². The van der Waals surface area contributed by atoms with Crippen LogP contribution in [0.5, 0.6) is 0 Å². The molecule has 2 fully saturated rings. The number of hydrogen-bond acceptors (Lipinski definition) is 15. The molecule has 0 aromatic heterocycles. The van der Waals surface area contributed by atoms with Crippen LogP contribution in [0.3, 0.4) is 0 Å². The SMILES string of the molecule is C=CCO[C@H]1[C@H](O[C@@H]2O[C@H](COC(C)=O)[C@@H](OC(C)=O)[C@@H](OC(C)=O)[C@@H]2OC(C)=O)[C@@H](O)[C@H](CO)O[C@@H]1O. The van der Waals surface area contributed by atoms with Crippen molar-refractivity contribution in [3.63, 3.8) is 0 Å². The standard InChI is InChI=1S/C23H34O15/c1-6-7-31-20-18(16(29)14(8-24)36-22(20)30)38-23-21(35-13(5)28)19(34-12(4)27)17(33-11(3)26)15(37-23)9-32-10(2)25/h6,14-24,29-30H,1,7-9H2,2-5H3/t14-,15+,16-,17+,18+,19+,20-,21-,22-,23-/m0/s1. The van der Waals surface area contributed by atoms with Gasteiger partial charge in [-0.1, -0.05) is 6.08 Å². The Hall–Kier alpha value is -2.66. The summed E-state index contributed by atoms with van der Waals surface area (Å²) in [6.45, 7) is 6.54. The fourth-order valence-electron chi connectivity index (χ4n) is 4.02. The second-order valence-electron chi connectivity index (χ2n) is 8.49. The lowest BCUT2D eigenvalue weighted by atomic mass is 9.96. The van der Waals surface area contributed by atoms with Crippen LogP contribution in [-0.2, 0) is 57.1 Å². The summed E-state index contributed by atoms with van der Waals surface area (Å²) in [5.41, 5.74) is 0. The Morgan fingerprint density at radius 1 is 0.789 bits per heavy atom. The minimum atomic E-state index is -1.67. The van der Waals surface area contributed by atoms with Gasteiger partial charge in [0.2, 0.25) is 0 Å². The van der Waals surface area contributed by atoms with Crippen LogP contribution >= 0.6 is 0 Å². The minimum Gasteiger partial charge on any atom is -0.463 e. The maximum absolute atomic E-state index is 12.0. The first-order valence-corrected chi connectivity index (χ1v) is 11.7. The van der Waals surface area contributed by atoms with Crippen molar-refractivity contribution in [3.8, 4) is 0 Å². The molecule has 2 saturated heterocycles. The van der Waals surface area contributed by atoms with E-state index in [0.29, 0.717) is 0 Å². The molecule has 38 heavy (non-hydrogen) atoms. The van der Waals surface area contributed by atoms with Crippen LogP contribution in [0, 0.1) is 0 Å². The first-order chi connectivity index (χ1) is 17.9. The van der Waals surface area contributed by atoms with Crippen LogP contribution in [0.1, 0.15) is 27.7 Å². The van der Waals surface area contributed by atoms with Gasteiger partial charge in [-0.25, -0.2) is 0 Å². The molecule has 2 aliphatic rings. The van der Waals surface area contributed by atoms with Crippen molar-refractivity contribution in [2.75, 3.05) is 19.8 Å². The zero-order chi connectivity index (χ0) is 28.6. The number of hydrogen-bond donors (Lipinski definition) is 3. The molecule has 2 heterocycles. The molecule has 15 heteroatoms. The highest BCUT2D eigenvalue weighted by atomic mass is 16.8. The number of esters is 4. The molecule has 2 aliphatic heterocycles. The lowest BCUT2D eigenvalue weighted by Gasteiger charge is -2.47. The first-order valence-electron chi connectivity index (χ1n) is 11.7. The van der Waals surface area contributed by atoms with E-state index in [-0.39, 0.29) is 6.61 Å². The van der Waals surface area contributed by atoms with Crippen molar-refractivity contribution < 1.29 is 72.4 Å². The van der Waals surface area contributed by atoms with Crippen LogP contribution in [0.15, 0.2) is 12.7 Å². The predicted molar refractivity (Wildman–Crippen MR) is 121 cm³/mol. The molecule has 0 radical (unpaired) electrons. The Bertz CT molecular complexity index is 847. The van der Waals surface area contributed by atoms with E-state index in [9.17, 15) is 34.5 Å². The fourth-order valence-corrected chi connectivity index (χ4v) is 4.02. The summed E-state index contributed by atoms with van der Waals surface area (Å²) in [6, 6.07) is 0. The number of aliphatic hydroxyl groups is 3. The Labute approximate surface area is 218 Å². The van der Waals surface area contributed by atoms with Gasteiger partial charge >= 0.3 is 23.9 Å². The van der Waals surface area contributed by atoms with Crippen LogP contribution < -0.4 is 0 Å². The molecule has 0 aromatic rings. The monoisotopic (exact) mass is 550 g/mol. The van der Waals surface area contributed by atoms with Crippen LogP contribution in [0.4, 0.5) is 0 Å². The van der Waals surface area contributed by atoms with Crippen molar-refractivity contribution in [1.82, 2.24) is 0 Å². The highest BCUT2D eigenvalue weighted by Gasteiger charge is 2.55. The normalized spacial score (nSPS) is 35.0. The van der Waals surface area contributed by atoms with Gasteiger partial charge in [0.25, 0.3) is 0 Å². The third-order valence-electron chi connectivity index (χ3n) is 5.46. The van der Waals surface area contributed by atoms with Crippen LogP contribution in [0.2, 0.25) is 0 Å². The third kappa shape index (κ3) is 8.42. The Balaban J connectivity index is 2.52. The average molecular weight is 551 g/mol. The molecule has 0 amide bonds. The van der Waals surface area contributed by atoms with Gasteiger partial charge < -0.3 is 53.2 Å². The topological polar surface area (TPSA) is 203 Å². The number of carbonyl (C=O) groups is 4. The first kappa shape index (κ1) is 31.6. The molecule has 15 nitrogen and oxygen atoms in total. The maximum Gasteiger partial charge on any atom is 0.303 e. The molecule has 2 rings (SSSR count). The summed E-state index contributed by atoms with van der Waals surface area (Å²) in [4.78, 5) is 47.3. The van der Waals surface area contributed by atoms with Gasteiger partial charge in [0, 0.05) is 27.7 Å². The minimum absolute atomic E-state index is 0.0972. The molecule has 0 bridgehead atoms. The molecule has 216 valence electrons. The van der Waals surface area contributed by atoms with E-state index in [1.807, 2.05) is 0 Å². The van der Waals surface area contributed by atoms with Crippen molar-refractivity contribution in [3.05, 3.63) is 12.7 Å². The molecule has 3 N–H and O–H groups in total. The lowest BCUT2D eigenvalue weighted by Crippen LogP contribution is -2.66. The average Bonchev–Trinajstić information content (AvgIpc) is 2.82. The van der Waals surface area contributed by atoms with Gasteiger partial charge in [0.15, 0.2) is 30.9 Å². The molecular weight excluding hydrogens is 516 g/mol. The number of rotatable bonds is 11. The van der Waals surface area contributed by atoms with E-state index in [0.717, 1.165) is 27.7 Å². The van der Waals surface area contributed by atoms with Crippen LogP contribution in [0.25, 0.3) is 0 Å². The van der Waals surface area contributed by atoms with Crippen molar-refractivity contribution >= 4 is 23.9 Å². The summed E-state index contributed by atoms with van der Waals surface area (Å²) in [5, 5.41) is 30.9. The third-order valence-corrected chi connectivity index (χ3v) is 5.46. The van der Waals surface area contributed by atoms with Crippen molar-refractivity contribution in [1.29, 1.82) is 0 Å². The highest BCUT2D eigenvalue weighted by Crippen LogP contribution is 2.33. The maximum atomic E-state index is 12.0. The van der Waals surface area contributed by atoms with E-state index >= 15 is 0 Å². The van der Waals surface area contributed by atoms with E-state index < -0.39 is 98.5 Å². The van der Waals surface area contributed by atoms with Crippen LogP contribution in [-0.4, -0.2) is 120 Å².